The molecule has 0 aliphatic carbocycles. The number of hydrogen-bond donors (Lipinski definition) is 1. The number of hydrogen-bond acceptors (Lipinski definition) is 6. The Morgan fingerprint density at radius 3 is 2.72 bits per heavy atom. The first kappa shape index (κ1) is 21.2. The third-order valence-electron chi connectivity index (χ3n) is 4.41. The Morgan fingerprint density at radius 1 is 1.14 bits per heavy atom. The molecule has 0 spiro atoms. The zero-order chi connectivity index (χ0) is 20.8. The largest absolute Gasteiger partial charge is 0.497 e. The number of thiazole rings is 1. The number of methoxy groups -OCH3 is 2. The molecule has 5 nitrogen and oxygen atoms in total. The third kappa shape index (κ3) is 5.74. The second-order valence-corrected chi connectivity index (χ2v) is 8.70. The van der Waals surface area contributed by atoms with Gasteiger partial charge in [0.05, 0.1) is 32.0 Å². The van der Waals surface area contributed by atoms with Crippen molar-refractivity contribution < 1.29 is 14.3 Å². The average Bonchev–Trinajstić information content (AvgIpc) is 3.15. The molecular weight excluding hydrogens is 404 g/mol. The third-order valence-corrected chi connectivity index (χ3v) is 6.53. The molecule has 3 rings (SSSR count). The topological polar surface area (TPSA) is 60.5 Å². The van der Waals surface area contributed by atoms with E-state index in [0.717, 1.165) is 15.8 Å². The molecule has 0 radical (unpaired) electrons. The smallest absolute Gasteiger partial charge is 0.230 e. The minimum atomic E-state index is -0.145. The molecule has 7 heteroatoms. The van der Waals surface area contributed by atoms with Crippen LogP contribution in [0.3, 0.4) is 0 Å². The van der Waals surface area contributed by atoms with Crippen LogP contribution in [0.1, 0.15) is 22.4 Å². The number of aryl methyl sites for hydroxylation is 2. The predicted molar refractivity (Wildman–Crippen MR) is 119 cm³/mol. The Bertz CT molecular complexity index is 1000. The van der Waals surface area contributed by atoms with Gasteiger partial charge in [-0.3, -0.25) is 4.79 Å². The van der Waals surface area contributed by atoms with Crippen LogP contribution in [-0.2, 0) is 17.0 Å². The lowest BCUT2D eigenvalue weighted by Crippen LogP contribution is -2.15. The van der Waals surface area contributed by atoms with Crippen molar-refractivity contribution in [1.29, 1.82) is 0 Å². The first-order valence-corrected chi connectivity index (χ1v) is 11.0. The van der Waals surface area contributed by atoms with Gasteiger partial charge in [0.25, 0.3) is 0 Å². The molecule has 0 atom stereocenters. The summed E-state index contributed by atoms with van der Waals surface area (Å²) in [7, 11) is 3.15. The van der Waals surface area contributed by atoms with Gasteiger partial charge in [0, 0.05) is 17.2 Å². The van der Waals surface area contributed by atoms with Gasteiger partial charge in [0.1, 0.15) is 15.8 Å². The Morgan fingerprint density at radius 2 is 1.97 bits per heavy atom. The summed E-state index contributed by atoms with van der Waals surface area (Å²) in [5.74, 6) is 1.96. The fraction of sp³-hybridized carbons (Fsp3) is 0.273. The minimum Gasteiger partial charge on any atom is -0.497 e. The van der Waals surface area contributed by atoms with Gasteiger partial charge < -0.3 is 14.8 Å². The van der Waals surface area contributed by atoms with Gasteiger partial charge >= 0.3 is 0 Å². The van der Waals surface area contributed by atoms with Crippen molar-refractivity contribution in [2.45, 2.75) is 30.4 Å². The van der Waals surface area contributed by atoms with E-state index in [2.05, 4.69) is 42.3 Å². The molecule has 0 saturated heterocycles. The van der Waals surface area contributed by atoms with Crippen molar-refractivity contribution in [3.63, 3.8) is 0 Å². The van der Waals surface area contributed by atoms with E-state index >= 15 is 0 Å². The highest BCUT2D eigenvalue weighted by Gasteiger charge is 2.12. The summed E-state index contributed by atoms with van der Waals surface area (Å²) < 4.78 is 11.5. The Balaban J connectivity index is 1.60. The van der Waals surface area contributed by atoms with Crippen LogP contribution in [0.2, 0.25) is 0 Å². The second kappa shape index (κ2) is 9.80. The standard InChI is InChI=1S/C22H24N2O3S2/c1-14-5-6-15(2)16(9-14)12-28-22-23-17(13-29-22)10-21(25)24-19-11-18(26-3)7-8-20(19)27-4/h5-9,11,13H,10,12H2,1-4H3,(H,24,25). The number of nitrogens with one attached hydrogen (secondary N) is 1. The molecule has 0 unspecified atom stereocenters. The van der Waals surface area contributed by atoms with Crippen molar-refractivity contribution in [2.75, 3.05) is 19.5 Å². The molecule has 0 bridgehead atoms. The van der Waals surface area contributed by atoms with E-state index in [1.54, 1.807) is 55.5 Å². The molecule has 1 amide bonds. The van der Waals surface area contributed by atoms with Gasteiger partial charge in [-0.2, -0.15) is 0 Å². The number of amides is 1. The summed E-state index contributed by atoms with van der Waals surface area (Å²) in [6.07, 6.45) is 0.209. The molecule has 1 aromatic heterocycles. The highest BCUT2D eigenvalue weighted by atomic mass is 32.2. The van der Waals surface area contributed by atoms with Crippen molar-refractivity contribution in [2.24, 2.45) is 0 Å². The molecule has 0 fully saturated rings. The number of nitrogens with zero attached hydrogens (tertiary/aromatic N) is 1. The van der Waals surface area contributed by atoms with Crippen LogP contribution in [0, 0.1) is 13.8 Å². The summed E-state index contributed by atoms with van der Waals surface area (Å²) >= 11 is 3.27. The van der Waals surface area contributed by atoms with E-state index in [1.807, 2.05) is 5.38 Å². The zero-order valence-corrected chi connectivity index (χ0v) is 18.6. The Kier molecular flexibility index (Phi) is 7.17. The van der Waals surface area contributed by atoms with Gasteiger partial charge in [0.15, 0.2) is 0 Å². The zero-order valence-electron chi connectivity index (χ0n) is 16.9. The molecule has 29 heavy (non-hydrogen) atoms. The molecule has 152 valence electrons. The number of thioether (sulfide) groups is 1. The Labute approximate surface area is 179 Å². The molecule has 3 aromatic rings. The maximum absolute atomic E-state index is 12.5. The maximum Gasteiger partial charge on any atom is 0.230 e. The van der Waals surface area contributed by atoms with Crippen molar-refractivity contribution in [3.05, 3.63) is 64.2 Å². The maximum atomic E-state index is 12.5. The fourth-order valence-electron chi connectivity index (χ4n) is 2.80. The van der Waals surface area contributed by atoms with Crippen molar-refractivity contribution in [3.8, 4) is 11.5 Å². The number of carbonyl (C=O) groups excluding carboxylic acids is 1. The quantitative estimate of drug-likeness (QED) is 0.497. The number of rotatable bonds is 8. The van der Waals surface area contributed by atoms with Crippen molar-refractivity contribution >= 4 is 34.7 Å². The molecule has 0 saturated carbocycles. The average molecular weight is 429 g/mol. The van der Waals surface area contributed by atoms with Crippen molar-refractivity contribution in [1.82, 2.24) is 4.98 Å². The van der Waals surface area contributed by atoms with Crippen LogP contribution in [0.15, 0.2) is 46.1 Å². The molecular formula is C22H24N2O3S2. The summed E-state index contributed by atoms with van der Waals surface area (Å²) in [6.45, 7) is 4.23. The molecule has 0 aliphatic rings. The first-order chi connectivity index (χ1) is 14.0. The van der Waals surface area contributed by atoms with Crippen LogP contribution >= 0.6 is 23.1 Å². The monoisotopic (exact) mass is 428 g/mol. The summed E-state index contributed by atoms with van der Waals surface area (Å²) in [5, 5.41) is 4.82. The molecule has 1 heterocycles. The number of aromatic nitrogens is 1. The SMILES string of the molecule is COc1ccc(OC)c(NC(=O)Cc2csc(SCc3cc(C)ccc3C)n2)c1. The van der Waals surface area contributed by atoms with E-state index in [1.165, 1.54) is 16.7 Å². The van der Waals surface area contributed by atoms with E-state index in [9.17, 15) is 4.79 Å². The second-order valence-electron chi connectivity index (χ2n) is 6.61. The molecule has 2 aromatic carbocycles. The summed E-state index contributed by atoms with van der Waals surface area (Å²) in [6, 6.07) is 11.8. The van der Waals surface area contributed by atoms with Gasteiger partial charge in [-0.15, -0.1) is 11.3 Å². The lowest BCUT2D eigenvalue weighted by Gasteiger charge is -2.11. The number of benzene rings is 2. The van der Waals surface area contributed by atoms with Crippen LogP contribution in [-0.4, -0.2) is 25.1 Å². The van der Waals surface area contributed by atoms with Crippen LogP contribution in [0.25, 0.3) is 0 Å². The summed E-state index contributed by atoms with van der Waals surface area (Å²) in [5.41, 5.74) is 5.20. The van der Waals surface area contributed by atoms with Crippen LogP contribution < -0.4 is 14.8 Å². The first-order valence-electron chi connectivity index (χ1n) is 9.13. The number of ether oxygens (including phenoxy) is 2. The normalized spacial score (nSPS) is 10.6. The van der Waals surface area contributed by atoms with Gasteiger partial charge in [-0.25, -0.2) is 4.98 Å². The lowest BCUT2D eigenvalue weighted by molar-refractivity contribution is -0.115. The highest BCUT2D eigenvalue weighted by molar-refractivity contribution is 8.00. The van der Waals surface area contributed by atoms with E-state index in [-0.39, 0.29) is 12.3 Å². The van der Waals surface area contributed by atoms with Crippen LogP contribution in [0.5, 0.6) is 11.5 Å². The highest BCUT2D eigenvalue weighted by Crippen LogP contribution is 2.30. The van der Waals surface area contributed by atoms with E-state index in [0.29, 0.717) is 17.2 Å². The van der Waals surface area contributed by atoms with Gasteiger partial charge in [-0.1, -0.05) is 35.5 Å². The predicted octanol–water partition coefficient (Wildman–Crippen LogP) is 5.25. The minimum absolute atomic E-state index is 0.145. The summed E-state index contributed by atoms with van der Waals surface area (Å²) in [4.78, 5) is 17.1. The molecule has 1 N–H and O–H groups in total. The van der Waals surface area contributed by atoms with E-state index in [4.69, 9.17) is 9.47 Å². The number of anilines is 1. The lowest BCUT2D eigenvalue weighted by atomic mass is 10.1. The Hall–Kier alpha value is -2.51. The van der Waals surface area contributed by atoms with E-state index < -0.39 is 0 Å². The van der Waals surface area contributed by atoms with Gasteiger partial charge in [-0.05, 0) is 37.1 Å². The molecule has 0 aliphatic heterocycles. The number of carbonyl (C=O) groups is 1. The van der Waals surface area contributed by atoms with Crippen LogP contribution in [0.4, 0.5) is 5.69 Å². The van der Waals surface area contributed by atoms with Gasteiger partial charge in [0.2, 0.25) is 5.91 Å². The fourth-order valence-corrected chi connectivity index (χ4v) is 4.71.